The van der Waals surface area contributed by atoms with Gasteiger partial charge in [0.15, 0.2) is 0 Å². The molecule has 0 heterocycles. The SMILES string of the molecule is CCOc1ccccc1COC(=O)/C=C/c1ccc(OC)cc1OC. The van der Waals surface area contributed by atoms with Crippen molar-refractivity contribution in [2.75, 3.05) is 20.8 Å². The van der Waals surface area contributed by atoms with Crippen molar-refractivity contribution in [1.82, 2.24) is 0 Å². The van der Waals surface area contributed by atoms with Crippen molar-refractivity contribution in [3.63, 3.8) is 0 Å². The minimum Gasteiger partial charge on any atom is -0.497 e. The molecular weight excluding hydrogens is 320 g/mol. The molecule has 0 aliphatic heterocycles. The number of hydrogen-bond acceptors (Lipinski definition) is 5. The Labute approximate surface area is 147 Å². The van der Waals surface area contributed by atoms with Crippen LogP contribution in [0.1, 0.15) is 18.1 Å². The molecule has 0 saturated carbocycles. The van der Waals surface area contributed by atoms with Gasteiger partial charge in [0.1, 0.15) is 23.9 Å². The van der Waals surface area contributed by atoms with Gasteiger partial charge in [-0.2, -0.15) is 0 Å². The van der Waals surface area contributed by atoms with Crippen LogP contribution in [0.4, 0.5) is 0 Å². The molecule has 0 aliphatic carbocycles. The molecule has 0 aliphatic rings. The molecule has 0 atom stereocenters. The van der Waals surface area contributed by atoms with Crippen LogP contribution < -0.4 is 14.2 Å². The monoisotopic (exact) mass is 342 g/mol. The normalized spacial score (nSPS) is 10.5. The molecule has 0 fully saturated rings. The molecule has 0 aromatic heterocycles. The summed E-state index contributed by atoms with van der Waals surface area (Å²) < 4.78 is 21.2. The zero-order valence-corrected chi connectivity index (χ0v) is 14.7. The number of hydrogen-bond donors (Lipinski definition) is 0. The minimum absolute atomic E-state index is 0.152. The molecule has 0 N–H and O–H groups in total. The fourth-order valence-corrected chi connectivity index (χ4v) is 2.23. The molecule has 132 valence electrons. The first kappa shape index (κ1) is 18.4. The second-order valence-corrected chi connectivity index (χ2v) is 5.09. The quantitative estimate of drug-likeness (QED) is 0.539. The van der Waals surface area contributed by atoms with Crippen LogP contribution >= 0.6 is 0 Å². The second kappa shape index (κ2) is 9.37. The molecule has 0 bridgehead atoms. The number of rotatable bonds is 8. The number of ether oxygens (including phenoxy) is 4. The average Bonchev–Trinajstić information content (AvgIpc) is 2.65. The zero-order valence-electron chi connectivity index (χ0n) is 14.7. The third-order valence-corrected chi connectivity index (χ3v) is 3.48. The van der Waals surface area contributed by atoms with Crippen LogP contribution in [0.5, 0.6) is 17.2 Å². The maximum Gasteiger partial charge on any atom is 0.331 e. The number of carbonyl (C=O) groups excluding carboxylic acids is 1. The Bertz CT molecular complexity index is 737. The van der Waals surface area contributed by atoms with E-state index in [4.69, 9.17) is 18.9 Å². The third kappa shape index (κ3) is 5.28. The predicted octanol–water partition coefficient (Wildman–Crippen LogP) is 3.86. The van der Waals surface area contributed by atoms with Crippen LogP contribution in [-0.4, -0.2) is 26.8 Å². The Morgan fingerprint density at radius 2 is 1.84 bits per heavy atom. The maximum absolute atomic E-state index is 12.0. The van der Waals surface area contributed by atoms with E-state index in [2.05, 4.69) is 0 Å². The fourth-order valence-electron chi connectivity index (χ4n) is 2.23. The summed E-state index contributed by atoms with van der Waals surface area (Å²) in [4.78, 5) is 12.0. The van der Waals surface area contributed by atoms with E-state index in [1.807, 2.05) is 37.3 Å². The van der Waals surface area contributed by atoms with Gasteiger partial charge in [0.05, 0.1) is 20.8 Å². The standard InChI is InChI=1S/C20H22O5/c1-4-24-18-8-6-5-7-16(18)14-25-20(21)12-10-15-9-11-17(22-2)13-19(15)23-3/h5-13H,4,14H2,1-3H3/b12-10+. The highest BCUT2D eigenvalue weighted by atomic mass is 16.5. The Kier molecular flexibility index (Phi) is 6.89. The highest BCUT2D eigenvalue weighted by Crippen LogP contribution is 2.25. The predicted molar refractivity (Wildman–Crippen MR) is 96.0 cm³/mol. The molecule has 0 saturated heterocycles. The summed E-state index contributed by atoms with van der Waals surface area (Å²) in [6, 6.07) is 12.8. The van der Waals surface area contributed by atoms with Crippen molar-refractivity contribution >= 4 is 12.0 Å². The number of benzene rings is 2. The first-order valence-corrected chi connectivity index (χ1v) is 7.95. The van der Waals surface area contributed by atoms with Crippen molar-refractivity contribution < 1.29 is 23.7 Å². The smallest absolute Gasteiger partial charge is 0.331 e. The van der Waals surface area contributed by atoms with Gasteiger partial charge in [0.25, 0.3) is 0 Å². The molecule has 2 rings (SSSR count). The van der Waals surface area contributed by atoms with E-state index in [0.29, 0.717) is 18.1 Å². The van der Waals surface area contributed by atoms with Crippen molar-refractivity contribution in [3.8, 4) is 17.2 Å². The van der Waals surface area contributed by atoms with E-state index in [-0.39, 0.29) is 6.61 Å². The molecule has 0 amide bonds. The van der Waals surface area contributed by atoms with Crippen LogP contribution in [0.2, 0.25) is 0 Å². The molecule has 2 aromatic carbocycles. The Hall–Kier alpha value is -2.95. The molecule has 25 heavy (non-hydrogen) atoms. The fraction of sp³-hybridized carbons (Fsp3) is 0.250. The lowest BCUT2D eigenvalue weighted by Crippen LogP contribution is -2.03. The van der Waals surface area contributed by atoms with E-state index < -0.39 is 5.97 Å². The number of para-hydroxylation sites is 1. The van der Waals surface area contributed by atoms with Gasteiger partial charge in [0, 0.05) is 23.3 Å². The molecule has 0 spiro atoms. The summed E-state index contributed by atoms with van der Waals surface area (Å²) in [5.41, 5.74) is 1.59. The summed E-state index contributed by atoms with van der Waals surface area (Å²) in [6.07, 6.45) is 3.02. The summed E-state index contributed by atoms with van der Waals surface area (Å²) in [5, 5.41) is 0. The molecule has 2 aromatic rings. The molecule has 5 heteroatoms. The van der Waals surface area contributed by atoms with Crippen molar-refractivity contribution in [2.24, 2.45) is 0 Å². The van der Waals surface area contributed by atoms with E-state index in [1.165, 1.54) is 6.08 Å². The Morgan fingerprint density at radius 3 is 2.56 bits per heavy atom. The van der Waals surface area contributed by atoms with Crippen LogP contribution in [0, 0.1) is 0 Å². The van der Waals surface area contributed by atoms with Crippen LogP contribution in [0.3, 0.4) is 0 Å². The highest BCUT2D eigenvalue weighted by molar-refractivity contribution is 5.87. The second-order valence-electron chi connectivity index (χ2n) is 5.09. The average molecular weight is 342 g/mol. The van der Waals surface area contributed by atoms with Gasteiger partial charge in [-0.05, 0) is 31.2 Å². The van der Waals surface area contributed by atoms with Gasteiger partial charge in [-0.3, -0.25) is 0 Å². The minimum atomic E-state index is -0.441. The van der Waals surface area contributed by atoms with Gasteiger partial charge >= 0.3 is 5.97 Å². The Balaban J connectivity index is 2.00. The van der Waals surface area contributed by atoms with Gasteiger partial charge in [-0.1, -0.05) is 18.2 Å². The summed E-state index contributed by atoms with van der Waals surface area (Å²) in [7, 11) is 3.15. The number of esters is 1. The van der Waals surface area contributed by atoms with Gasteiger partial charge in [-0.25, -0.2) is 4.79 Å². The zero-order chi connectivity index (χ0) is 18.1. The van der Waals surface area contributed by atoms with Crippen molar-refractivity contribution in [2.45, 2.75) is 13.5 Å². The van der Waals surface area contributed by atoms with E-state index in [9.17, 15) is 4.79 Å². The lowest BCUT2D eigenvalue weighted by molar-refractivity contribution is -0.138. The summed E-state index contributed by atoms with van der Waals surface area (Å²) in [6.45, 7) is 2.62. The lowest BCUT2D eigenvalue weighted by atomic mass is 10.1. The molecule has 5 nitrogen and oxygen atoms in total. The largest absolute Gasteiger partial charge is 0.497 e. The Morgan fingerprint density at radius 1 is 1.04 bits per heavy atom. The molecular formula is C20H22O5. The van der Waals surface area contributed by atoms with E-state index >= 15 is 0 Å². The van der Waals surface area contributed by atoms with Gasteiger partial charge < -0.3 is 18.9 Å². The number of carbonyl (C=O) groups is 1. The number of methoxy groups -OCH3 is 2. The maximum atomic E-state index is 12.0. The van der Waals surface area contributed by atoms with Crippen LogP contribution in [0.15, 0.2) is 48.5 Å². The van der Waals surface area contributed by atoms with Crippen molar-refractivity contribution in [3.05, 3.63) is 59.7 Å². The summed E-state index contributed by atoms with van der Waals surface area (Å²) in [5.74, 6) is 1.58. The van der Waals surface area contributed by atoms with Crippen molar-refractivity contribution in [1.29, 1.82) is 0 Å². The van der Waals surface area contributed by atoms with Gasteiger partial charge in [0.2, 0.25) is 0 Å². The van der Waals surface area contributed by atoms with Crippen LogP contribution in [0.25, 0.3) is 6.08 Å². The topological polar surface area (TPSA) is 54.0 Å². The van der Waals surface area contributed by atoms with E-state index in [0.717, 1.165) is 16.9 Å². The van der Waals surface area contributed by atoms with Crippen LogP contribution in [-0.2, 0) is 16.1 Å². The lowest BCUT2D eigenvalue weighted by Gasteiger charge is -2.09. The van der Waals surface area contributed by atoms with Gasteiger partial charge in [-0.15, -0.1) is 0 Å². The first-order chi connectivity index (χ1) is 12.2. The third-order valence-electron chi connectivity index (χ3n) is 3.48. The van der Waals surface area contributed by atoms with E-state index in [1.54, 1.807) is 32.4 Å². The summed E-state index contributed by atoms with van der Waals surface area (Å²) >= 11 is 0. The molecule has 0 unspecified atom stereocenters. The molecule has 0 radical (unpaired) electrons. The first-order valence-electron chi connectivity index (χ1n) is 7.95. The highest BCUT2D eigenvalue weighted by Gasteiger charge is 2.06.